The van der Waals surface area contributed by atoms with Crippen molar-refractivity contribution >= 4 is 29.9 Å². The van der Waals surface area contributed by atoms with Gasteiger partial charge in [-0.05, 0) is 49.6 Å². The molecule has 148 valence electrons. The lowest BCUT2D eigenvalue weighted by atomic mass is 10.1. The Hall–Kier alpha value is -1.84. The minimum absolute atomic E-state index is 0. The van der Waals surface area contributed by atoms with Crippen LogP contribution < -0.4 is 10.6 Å². The van der Waals surface area contributed by atoms with Crippen molar-refractivity contribution in [3.05, 3.63) is 65.0 Å². The molecular weight excluding hydrogens is 468 g/mol. The van der Waals surface area contributed by atoms with E-state index in [1.807, 2.05) is 32.2 Å². The van der Waals surface area contributed by atoms with E-state index in [2.05, 4.69) is 20.6 Å². The third-order valence-electron chi connectivity index (χ3n) is 3.70. The van der Waals surface area contributed by atoms with Crippen LogP contribution in [-0.4, -0.2) is 24.0 Å². The number of guanidine groups is 1. The minimum atomic E-state index is -4.34. The fourth-order valence-electron chi connectivity index (χ4n) is 2.33. The summed E-state index contributed by atoms with van der Waals surface area (Å²) in [4.78, 5) is 8.62. The predicted octanol–water partition coefficient (Wildman–Crippen LogP) is 4.32. The van der Waals surface area contributed by atoms with Crippen LogP contribution in [0.2, 0.25) is 0 Å². The Balaban J connectivity index is 0.00000364. The number of alkyl halides is 3. The maximum atomic E-state index is 12.8. The highest BCUT2D eigenvalue weighted by Gasteiger charge is 2.30. The van der Waals surface area contributed by atoms with Crippen molar-refractivity contribution in [3.8, 4) is 0 Å². The second-order valence-corrected chi connectivity index (χ2v) is 5.88. The summed E-state index contributed by atoms with van der Waals surface area (Å²) in [6.45, 7) is 5.36. The van der Waals surface area contributed by atoms with Crippen LogP contribution in [-0.2, 0) is 19.1 Å². The summed E-state index contributed by atoms with van der Waals surface area (Å²) < 4.78 is 38.3. The molecule has 0 aliphatic rings. The molecule has 0 spiro atoms. The first-order chi connectivity index (χ1) is 12.4. The summed E-state index contributed by atoms with van der Waals surface area (Å²) in [7, 11) is 0. The predicted molar refractivity (Wildman–Crippen MR) is 112 cm³/mol. The Bertz CT molecular complexity index is 730. The van der Waals surface area contributed by atoms with Crippen molar-refractivity contribution in [2.45, 2.75) is 33.0 Å². The smallest absolute Gasteiger partial charge is 0.357 e. The van der Waals surface area contributed by atoms with Gasteiger partial charge in [-0.25, -0.2) is 4.99 Å². The van der Waals surface area contributed by atoms with Gasteiger partial charge in [0.2, 0.25) is 0 Å². The van der Waals surface area contributed by atoms with Gasteiger partial charge < -0.3 is 10.6 Å². The first-order valence-corrected chi connectivity index (χ1v) is 8.48. The maximum Gasteiger partial charge on any atom is 0.416 e. The molecule has 8 heteroatoms. The number of hydrogen-bond acceptors (Lipinski definition) is 2. The van der Waals surface area contributed by atoms with Crippen LogP contribution in [0.4, 0.5) is 13.2 Å². The first kappa shape index (κ1) is 23.2. The lowest BCUT2D eigenvalue weighted by Gasteiger charge is -2.12. The average molecular weight is 492 g/mol. The molecule has 0 saturated heterocycles. The van der Waals surface area contributed by atoms with Crippen LogP contribution in [0.3, 0.4) is 0 Å². The van der Waals surface area contributed by atoms with E-state index in [0.717, 1.165) is 29.8 Å². The largest absolute Gasteiger partial charge is 0.416 e. The fraction of sp³-hybridized carbons (Fsp3) is 0.368. The van der Waals surface area contributed by atoms with Crippen LogP contribution in [0.15, 0.2) is 47.6 Å². The summed E-state index contributed by atoms with van der Waals surface area (Å²) in [5.41, 5.74) is 1.93. The van der Waals surface area contributed by atoms with Gasteiger partial charge in [0.15, 0.2) is 5.96 Å². The van der Waals surface area contributed by atoms with E-state index in [1.54, 1.807) is 6.07 Å². The van der Waals surface area contributed by atoms with E-state index in [0.29, 0.717) is 24.6 Å². The van der Waals surface area contributed by atoms with E-state index in [1.165, 1.54) is 6.07 Å². The Morgan fingerprint density at radius 2 is 1.89 bits per heavy atom. The zero-order valence-corrected chi connectivity index (χ0v) is 17.6. The summed E-state index contributed by atoms with van der Waals surface area (Å²) in [5, 5.41) is 6.28. The van der Waals surface area contributed by atoms with Crippen molar-refractivity contribution < 1.29 is 13.2 Å². The molecule has 0 saturated carbocycles. The Labute approximate surface area is 174 Å². The molecule has 1 aromatic carbocycles. The molecule has 0 unspecified atom stereocenters. The van der Waals surface area contributed by atoms with E-state index in [9.17, 15) is 13.2 Å². The van der Waals surface area contributed by atoms with Crippen LogP contribution in [0.1, 0.15) is 29.3 Å². The molecule has 2 N–H and O–H groups in total. The second kappa shape index (κ2) is 11.1. The SMILES string of the molecule is CCNC(=NCc1cccc(C(F)(F)F)c1)NCCc1ccc(C)nc1.I. The number of nitrogens with zero attached hydrogens (tertiary/aromatic N) is 2. The van der Waals surface area contributed by atoms with Crippen molar-refractivity contribution in [3.63, 3.8) is 0 Å². The summed E-state index contributed by atoms with van der Waals surface area (Å²) >= 11 is 0. The molecule has 2 aromatic rings. The van der Waals surface area contributed by atoms with Crippen LogP contribution in [0.5, 0.6) is 0 Å². The van der Waals surface area contributed by atoms with Gasteiger partial charge in [0.05, 0.1) is 12.1 Å². The molecule has 0 fully saturated rings. The number of benzene rings is 1. The Morgan fingerprint density at radius 1 is 1.11 bits per heavy atom. The van der Waals surface area contributed by atoms with Crippen molar-refractivity contribution in [1.82, 2.24) is 15.6 Å². The molecule has 2 rings (SSSR count). The standard InChI is InChI=1S/C19H23F3N4.HI/c1-3-23-18(24-10-9-15-8-7-14(2)25-12-15)26-13-16-5-4-6-17(11-16)19(20,21)22;/h4-8,11-12H,3,9-10,13H2,1-2H3,(H2,23,24,26);1H. The van der Waals surface area contributed by atoms with Gasteiger partial charge in [0.25, 0.3) is 0 Å². The Morgan fingerprint density at radius 3 is 2.52 bits per heavy atom. The molecule has 0 amide bonds. The quantitative estimate of drug-likeness (QED) is 0.359. The zero-order valence-electron chi connectivity index (χ0n) is 15.3. The van der Waals surface area contributed by atoms with Crippen molar-refractivity contribution in [2.24, 2.45) is 4.99 Å². The number of hydrogen-bond donors (Lipinski definition) is 2. The highest BCUT2D eigenvalue weighted by atomic mass is 127. The highest BCUT2D eigenvalue weighted by Crippen LogP contribution is 2.29. The van der Waals surface area contributed by atoms with Gasteiger partial charge in [0, 0.05) is 25.0 Å². The van der Waals surface area contributed by atoms with Crippen LogP contribution >= 0.6 is 24.0 Å². The van der Waals surface area contributed by atoms with Crippen LogP contribution in [0, 0.1) is 6.92 Å². The van der Waals surface area contributed by atoms with Gasteiger partial charge in [-0.1, -0.05) is 18.2 Å². The monoisotopic (exact) mass is 492 g/mol. The third-order valence-corrected chi connectivity index (χ3v) is 3.70. The van der Waals surface area contributed by atoms with E-state index in [4.69, 9.17) is 0 Å². The van der Waals surface area contributed by atoms with E-state index in [-0.39, 0.29) is 30.5 Å². The molecule has 4 nitrogen and oxygen atoms in total. The number of rotatable bonds is 6. The first-order valence-electron chi connectivity index (χ1n) is 8.48. The Kier molecular flexibility index (Phi) is 9.54. The molecular formula is C19H24F3IN4. The lowest BCUT2D eigenvalue weighted by molar-refractivity contribution is -0.137. The maximum absolute atomic E-state index is 12.8. The number of nitrogens with one attached hydrogen (secondary N) is 2. The van der Waals surface area contributed by atoms with E-state index >= 15 is 0 Å². The number of aliphatic imine (C=N–C) groups is 1. The van der Waals surface area contributed by atoms with Gasteiger partial charge in [-0.2, -0.15) is 13.2 Å². The highest BCUT2D eigenvalue weighted by molar-refractivity contribution is 14.0. The van der Waals surface area contributed by atoms with Gasteiger partial charge in [0.1, 0.15) is 0 Å². The average Bonchev–Trinajstić information content (AvgIpc) is 2.61. The second-order valence-electron chi connectivity index (χ2n) is 5.88. The summed E-state index contributed by atoms with van der Waals surface area (Å²) in [6, 6.07) is 9.22. The molecule has 27 heavy (non-hydrogen) atoms. The van der Waals surface area contributed by atoms with Gasteiger partial charge >= 0.3 is 6.18 Å². The minimum Gasteiger partial charge on any atom is -0.357 e. The van der Waals surface area contributed by atoms with Crippen molar-refractivity contribution in [2.75, 3.05) is 13.1 Å². The van der Waals surface area contributed by atoms with Gasteiger partial charge in [-0.3, -0.25) is 4.98 Å². The van der Waals surface area contributed by atoms with E-state index < -0.39 is 11.7 Å². The number of aryl methyl sites for hydroxylation is 1. The zero-order chi connectivity index (χ0) is 19.0. The molecule has 0 atom stereocenters. The molecule has 1 aromatic heterocycles. The number of pyridine rings is 1. The summed E-state index contributed by atoms with van der Waals surface area (Å²) in [6.07, 6.45) is -1.73. The molecule has 1 heterocycles. The number of aromatic nitrogens is 1. The lowest BCUT2D eigenvalue weighted by Crippen LogP contribution is -2.38. The third kappa shape index (κ3) is 8.15. The topological polar surface area (TPSA) is 49.3 Å². The number of halogens is 4. The molecule has 0 bridgehead atoms. The normalized spacial score (nSPS) is 11.7. The summed E-state index contributed by atoms with van der Waals surface area (Å²) in [5.74, 6) is 0.574. The van der Waals surface area contributed by atoms with Crippen molar-refractivity contribution in [1.29, 1.82) is 0 Å². The van der Waals surface area contributed by atoms with Crippen LogP contribution in [0.25, 0.3) is 0 Å². The molecule has 0 aliphatic carbocycles. The molecule has 0 radical (unpaired) electrons. The fourth-order valence-corrected chi connectivity index (χ4v) is 2.33. The van der Waals surface area contributed by atoms with Gasteiger partial charge in [-0.15, -0.1) is 24.0 Å². The molecule has 0 aliphatic heterocycles.